The molecule has 1 aliphatic rings. The van der Waals surface area contributed by atoms with Gasteiger partial charge in [0.2, 0.25) is 0 Å². The highest BCUT2D eigenvalue weighted by Gasteiger charge is 2.14. The van der Waals surface area contributed by atoms with E-state index in [1.54, 1.807) is 0 Å². The second-order valence-electron chi connectivity index (χ2n) is 5.41. The summed E-state index contributed by atoms with van der Waals surface area (Å²) in [6.45, 7) is 4.89. The van der Waals surface area contributed by atoms with E-state index in [9.17, 15) is 0 Å². The average molecular weight is 309 g/mol. The Labute approximate surface area is 132 Å². The smallest absolute Gasteiger partial charge is 0.191 e. The second kappa shape index (κ2) is 8.97. The van der Waals surface area contributed by atoms with Crippen LogP contribution in [0.1, 0.15) is 31.7 Å². The van der Waals surface area contributed by atoms with E-state index in [0.717, 1.165) is 43.7 Å². The van der Waals surface area contributed by atoms with Gasteiger partial charge in [0, 0.05) is 31.6 Å². The van der Waals surface area contributed by atoms with Crippen LogP contribution in [0.25, 0.3) is 0 Å². The summed E-state index contributed by atoms with van der Waals surface area (Å²) >= 11 is 2.06. The molecule has 1 atom stereocenters. The van der Waals surface area contributed by atoms with Crippen LogP contribution in [-0.4, -0.2) is 46.4 Å². The van der Waals surface area contributed by atoms with E-state index in [2.05, 4.69) is 40.6 Å². The summed E-state index contributed by atoms with van der Waals surface area (Å²) in [5, 5.41) is 11.7. The van der Waals surface area contributed by atoms with Crippen molar-refractivity contribution in [1.82, 2.24) is 20.4 Å². The van der Waals surface area contributed by atoms with Crippen molar-refractivity contribution in [2.24, 2.45) is 12.0 Å². The van der Waals surface area contributed by atoms with E-state index in [4.69, 9.17) is 4.99 Å². The van der Waals surface area contributed by atoms with Crippen LogP contribution in [0.5, 0.6) is 0 Å². The molecule has 0 aliphatic carbocycles. The lowest BCUT2D eigenvalue weighted by atomic mass is 10.2. The quantitative estimate of drug-likeness (QED) is 0.458. The van der Waals surface area contributed by atoms with E-state index in [0.29, 0.717) is 0 Å². The van der Waals surface area contributed by atoms with Crippen molar-refractivity contribution in [2.75, 3.05) is 25.4 Å². The molecule has 0 bridgehead atoms. The number of thioether (sulfide) groups is 1. The zero-order valence-electron chi connectivity index (χ0n) is 13.1. The van der Waals surface area contributed by atoms with E-state index in [-0.39, 0.29) is 0 Å². The molecule has 0 saturated carbocycles. The summed E-state index contributed by atoms with van der Waals surface area (Å²) in [5.41, 5.74) is 1.29. The minimum atomic E-state index is 0.718. The zero-order chi connectivity index (χ0) is 14.9. The Balaban J connectivity index is 1.67. The molecular formula is C15H27N5S. The topological polar surface area (TPSA) is 54.2 Å². The first-order chi connectivity index (χ1) is 10.3. The van der Waals surface area contributed by atoms with Crippen LogP contribution in [0.3, 0.4) is 0 Å². The Morgan fingerprint density at radius 3 is 3.10 bits per heavy atom. The maximum atomic E-state index is 4.70. The summed E-state index contributed by atoms with van der Waals surface area (Å²) in [6, 6.07) is 0. The highest BCUT2D eigenvalue weighted by molar-refractivity contribution is 8.00. The normalized spacial score (nSPS) is 19.0. The molecule has 1 saturated heterocycles. The molecule has 1 aliphatic heterocycles. The molecule has 2 rings (SSSR count). The fraction of sp³-hybridized carbons (Fsp3) is 0.733. The van der Waals surface area contributed by atoms with Crippen molar-refractivity contribution >= 4 is 17.7 Å². The summed E-state index contributed by atoms with van der Waals surface area (Å²) in [6.07, 6.45) is 8.83. The van der Waals surface area contributed by atoms with Gasteiger partial charge in [-0.15, -0.1) is 0 Å². The predicted octanol–water partition coefficient (Wildman–Crippen LogP) is 1.80. The average Bonchev–Trinajstić information content (AvgIpc) is 3.12. The van der Waals surface area contributed by atoms with Crippen molar-refractivity contribution < 1.29 is 0 Å². The standard InChI is InChI=1S/C15H27N5S/c1-3-16-15(18-11-14-7-5-9-21-14)17-8-4-6-13-10-19-20(2)12-13/h10,12,14H,3-9,11H2,1-2H3,(H2,16,17,18). The Hall–Kier alpha value is -1.17. The van der Waals surface area contributed by atoms with Gasteiger partial charge in [0.05, 0.1) is 12.7 Å². The maximum Gasteiger partial charge on any atom is 0.191 e. The molecule has 0 radical (unpaired) electrons. The van der Waals surface area contributed by atoms with Crippen LogP contribution in [0, 0.1) is 0 Å². The van der Waals surface area contributed by atoms with Gasteiger partial charge >= 0.3 is 0 Å². The van der Waals surface area contributed by atoms with Crippen molar-refractivity contribution in [1.29, 1.82) is 0 Å². The van der Waals surface area contributed by atoms with Crippen LogP contribution < -0.4 is 10.6 Å². The van der Waals surface area contributed by atoms with Gasteiger partial charge < -0.3 is 10.6 Å². The van der Waals surface area contributed by atoms with E-state index < -0.39 is 0 Å². The number of aryl methyl sites for hydroxylation is 2. The molecule has 2 N–H and O–H groups in total. The van der Waals surface area contributed by atoms with Crippen molar-refractivity contribution in [3.63, 3.8) is 0 Å². The minimum Gasteiger partial charge on any atom is -0.357 e. The highest BCUT2D eigenvalue weighted by Crippen LogP contribution is 2.25. The van der Waals surface area contributed by atoms with Crippen LogP contribution in [0.2, 0.25) is 0 Å². The number of nitrogens with zero attached hydrogens (tertiary/aromatic N) is 3. The molecule has 6 heteroatoms. The number of hydrogen-bond acceptors (Lipinski definition) is 3. The minimum absolute atomic E-state index is 0.718. The predicted molar refractivity (Wildman–Crippen MR) is 91.0 cm³/mol. The third-order valence-electron chi connectivity index (χ3n) is 3.51. The molecule has 0 aromatic carbocycles. The van der Waals surface area contributed by atoms with Crippen LogP contribution in [0.15, 0.2) is 17.4 Å². The summed E-state index contributed by atoms with van der Waals surface area (Å²) in [4.78, 5) is 4.70. The van der Waals surface area contributed by atoms with E-state index >= 15 is 0 Å². The van der Waals surface area contributed by atoms with Gasteiger partial charge in [-0.05, 0) is 43.9 Å². The SMILES string of the molecule is CCNC(=NCC1CCCS1)NCCCc1cnn(C)c1. The number of aliphatic imine (C=N–C) groups is 1. The second-order valence-corrected chi connectivity index (χ2v) is 6.82. The summed E-state index contributed by atoms with van der Waals surface area (Å²) < 4.78 is 1.85. The van der Waals surface area contributed by atoms with Crippen molar-refractivity contribution in [2.45, 2.75) is 37.9 Å². The lowest BCUT2D eigenvalue weighted by molar-refractivity contribution is 0.731. The summed E-state index contributed by atoms with van der Waals surface area (Å²) in [5.74, 6) is 2.26. The highest BCUT2D eigenvalue weighted by atomic mass is 32.2. The molecule has 2 heterocycles. The molecule has 1 aromatic heterocycles. The molecular weight excluding hydrogens is 282 g/mol. The monoisotopic (exact) mass is 309 g/mol. The van der Waals surface area contributed by atoms with Crippen LogP contribution in [0.4, 0.5) is 0 Å². The first-order valence-electron chi connectivity index (χ1n) is 7.89. The summed E-state index contributed by atoms with van der Waals surface area (Å²) in [7, 11) is 1.96. The fourth-order valence-electron chi connectivity index (χ4n) is 2.42. The van der Waals surface area contributed by atoms with Gasteiger partial charge in [0.1, 0.15) is 0 Å². The molecule has 0 amide bonds. The fourth-order valence-corrected chi connectivity index (χ4v) is 3.60. The molecule has 118 valence electrons. The van der Waals surface area contributed by atoms with Gasteiger partial charge in [0.15, 0.2) is 5.96 Å². The first-order valence-corrected chi connectivity index (χ1v) is 8.94. The maximum absolute atomic E-state index is 4.70. The van der Waals surface area contributed by atoms with E-state index in [1.807, 2.05) is 17.9 Å². The molecule has 0 spiro atoms. The van der Waals surface area contributed by atoms with Crippen LogP contribution >= 0.6 is 11.8 Å². The Morgan fingerprint density at radius 2 is 2.43 bits per heavy atom. The lowest BCUT2D eigenvalue weighted by Gasteiger charge is -2.12. The molecule has 1 aromatic rings. The van der Waals surface area contributed by atoms with Gasteiger partial charge in [-0.1, -0.05) is 0 Å². The first kappa shape index (κ1) is 16.2. The number of guanidine groups is 1. The third kappa shape index (κ3) is 5.99. The Bertz CT molecular complexity index is 437. The van der Waals surface area contributed by atoms with Gasteiger partial charge in [-0.25, -0.2) is 0 Å². The Morgan fingerprint density at radius 1 is 1.52 bits per heavy atom. The van der Waals surface area contributed by atoms with Crippen molar-refractivity contribution in [3.05, 3.63) is 18.0 Å². The lowest BCUT2D eigenvalue weighted by Crippen LogP contribution is -2.38. The Kier molecular flexibility index (Phi) is 6.92. The van der Waals surface area contributed by atoms with Crippen LogP contribution in [-0.2, 0) is 13.5 Å². The molecule has 5 nitrogen and oxygen atoms in total. The van der Waals surface area contributed by atoms with Gasteiger partial charge in [-0.3, -0.25) is 9.67 Å². The van der Waals surface area contributed by atoms with Gasteiger partial charge in [0.25, 0.3) is 0 Å². The number of hydrogen-bond donors (Lipinski definition) is 2. The number of nitrogens with one attached hydrogen (secondary N) is 2. The largest absolute Gasteiger partial charge is 0.357 e. The van der Waals surface area contributed by atoms with E-state index in [1.165, 1.54) is 24.2 Å². The number of rotatable bonds is 7. The zero-order valence-corrected chi connectivity index (χ0v) is 14.0. The van der Waals surface area contributed by atoms with Crippen molar-refractivity contribution in [3.8, 4) is 0 Å². The van der Waals surface area contributed by atoms with Gasteiger partial charge in [-0.2, -0.15) is 16.9 Å². The number of aromatic nitrogens is 2. The molecule has 1 unspecified atom stereocenters. The molecule has 21 heavy (non-hydrogen) atoms. The third-order valence-corrected chi connectivity index (χ3v) is 4.89. The molecule has 1 fully saturated rings.